The van der Waals surface area contributed by atoms with E-state index in [2.05, 4.69) is 19.1 Å². The maximum Gasteiger partial charge on any atom is 0.346 e. The van der Waals surface area contributed by atoms with Crippen LogP contribution in [0.25, 0.3) is 0 Å². The summed E-state index contributed by atoms with van der Waals surface area (Å²) >= 11 is 0. The molecule has 182 valence electrons. The van der Waals surface area contributed by atoms with E-state index in [1.165, 1.54) is 69.9 Å². The molecule has 0 radical (unpaired) electrons. The van der Waals surface area contributed by atoms with Crippen LogP contribution in [0.3, 0.4) is 0 Å². The van der Waals surface area contributed by atoms with E-state index in [1.807, 2.05) is 6.07 Å². The molecule has 4 unspecified atom stereocenters. The van der Waals surface area contributed by atoms with Crippen LogP contribution in [0.15, 0.2) is 48.6 Å². The second kappa shape index (κ2) is 11.2. The summed E-state index contributed by atoms with van der Waals surface area (Å²) in [7, 11) is 1.35. The second-order valence-corrected chi connectivity index (χ2v) is 9.78. The van der Waals surface area contributed by atoms with Gasteiger partial charge in [0.25, 0.3) is 0 Å². The predicted molar refractivity (Wildman–Crippen MR) is 129 cm³/mol. The fourth-order valence-electron chi connectivity index (χ4n) is 5.87. The van der Waals surface area contributed by atoms with Crippen LogP contribution in [-0.4, -0.2) is 13.1 Å². The quantitative estimate of drug-likeness (QED) is 0.236. The van der Waals surface area contributed by atoms with Gasteiger partial charge in [-0.2, -0.15) is 0 Å². The first-order valence-electron chi connectivity index (χ1n) is 12.4. The van der Waals surface area contributed by atoms with Crippen LogP contribution in [0.1, 0.15) is 80.1 Å². The van der Waals surface area contributed by atoms with E-state index in [0.29, 0.717) is 5.92 Å². The lowest BCUT2D eigenvalue weighted by Gasteiger charge is -2.42. The van der Waals surface area contributed by atoms with E-state index < -0.39 is 17.6 Å². The Morgan fingerprint density at radius 2 is 1.79 bits per heavy atom. The van der Waals surface area contributed by atoms with Gasteiger partial charge in [-0.05, 0) is 105 Å². The van der Waals surface area contributed by atoms with Crippen molar-refractivity contribution in [3.05, 3.63) is 71.3 Å². The molecule has 0 amide bonds. The van der Waals surface area contributed by atoms with Crippen molar-refractivity contribution in [1.29, 1.82) is 0 Å². The molecule has 0 bridgehead atoms. The van der Waals surface area contributed by atoms with Crippen LogP contribution in [0.2, 0.25) is 0 Å². The minimum absolute atomic E-state index is 0.00594. The second-order valence-electron chi connectivity index (χ2n) is 9.78. The van der Waals surface area contributed by atoms with Crippen molar-refractivity contribution in [3.63, 3.8) is 0 Å². The SMILES string of the molecule is C/C=C/CCC1CCC2CC(c3ccc(C(=O)Oc4ccc(OC)c(F)c4)c(F)c3)CCC2C1. The van der Waals surface area contributed by atoms with Crippen molar-refractivity contribution < 1.29 is 23.0 Å². The highest BCUT2D eigenvalue weighted by Crippen LogP contribution is 2.48. The van der Waals surface area contributed by atoms with E-state index in [1.54, 1.807) is 0 Å². The van der Waals surface area contributed by atoms with Crippen molar-refractivity contribution in [2.45, 2.75) is 64.2 Å². The first-order chi connectivity index (χ1) is 16.5. The van der Waals surface area contributed by atoms with Crippen molar-refractivity contribution in [3.8, 4) is 11.5 Å². The number of benzene rings is 2. The summed E-state index contributed by atoms with van der Waals surface area (Å²) in [5, 5.41) is 0. The first-order valence-corrected chi connectivity index (χ1v) is 12.4. The smallest absolute Gasteiger partial charge is 0.346 e. The number of methoxy groups -OCH3 is 1. The molecule has 2 aromatic carbocycles. The highest BCUT2D eigenvalue weighted by Gasteiger charge is 2.36. The zero-order valence-electron chi connectivity index (χ0n) is 20.1. The molecule has 5 heteroatoms. The van der Waals surface area contributed by atoms with Gasteiger partial charge in [0.05, 0.1) is 12.7 Å². The van der Waals surface area contributed by atoms with Gasteiger partial charge in [-0.15, -0.1) is 0 Å². The van der Waals surface area contributed by atoms with Crippen LogP contribution in [0.5, 0.6) is 11.5 Å². The maximum absolute atomic E-state index is 14.9. The summed E-state index contributed by atoms with van der Waals surface area (Å²) in [4.78, 5) is 12.5. The Kier molecular flexibility index (Phi) is 8.02. The lowest BCUT2D eigenvalue weighted by atomic mass is 9.63. The summed E-state index contributed by atoms with van der Waals surface area (Å²) in [6.45, 7) is 2.08. The third-order valence-electron chi connectivity index (χ3n) is 7.72. The highest BCUT2D eigenvalue weighted by molar-refractivity contribution is 5.91. The molecule has 4 atom stereocenters. The third kappa shape index (κ3) is 5.68. The Morgan fingerprint density at radius 3 is 2.53 bits per heavy atom. The fraction of sp³-hybridized carbons (Fsp3) is 0.483. The number of halogens is 2. The Balaban J connectivity index is 1.36. The zero-order chi connectivity index (χ0) is 24.1. The van der Waals surface area contributed by atoms with Crippen molar-refractivity contribution in [2.75, 3.05) is 7.11 Å². The van der Waals surface area contributed by atoms with Crippen LogP contribution in [0, 0.1) is 29.4 Å². The molecular weight excluding hydrogens is 434 g/mol. The summed E-state index contributed by atoms with van der Waals surface area (Å²) in [5.41, 5.74) is 0.813. The van der Waals surface area contributed by atoms with Crippen LogP contribution < -0.4 is 9.47 Å². The monoisotopic (exact) mass is 468 g/mol. The van der Waals surface area contributed by atoms with E-state index in [4.69, 9.17) is 9.47 Å². The van der Waals surface area contributed by atoms with Gasteiger partial charge in [-0.3, -0.25) is 0 Å². The summed E-state index contributed by atoms with van der Waals surface area (Å²) in [5.74, 6) is 0.662. The lowest BCUT2D eigenvalue weighted by molar-refractivity contribution is 0.0729. The molecule has 0 N–H and O–H groups in total. The Bertz CT molecular complexity index is 1030. The number of rotatable bonds is 7. The zero-order valence-corrected chi connectivity index (χ0v) is 20.1. The third-order valence-corrected chi connectivity index (χ3v) is 7.72. The number of esters is 1. The van der Waals surface area contributed by atoms with E-state index in [0.717, 1.165) is 42.2 Å². The standard InChI is InChI=1S/C29H34F2O3/c1-3-4-5-6-19-7-8-21-16-22(10-9-20(21)15-19)23-11-13-25(26(30)17-23)29(32)34-24-12-14-28(33-2)27(31)18-24/h3-4,11-14,17-22H,5-10,15-16H2,1-2H3/b4-3+. The average Bonchev–Trinajstić information content (AvgIpc) is 2.84. The summed E-state index contributed by atoms with van der Waals surface area (Å²) in [6, 6.07) is 8.66. The number of carbonyl (C=O) groups excluding carboxylic acids is 1. The van der Waals surface area contributed by atoms with Gasteiger partial charge in [0.2, 0.25) is 0 Å². The Morgan fingerprint density at radius 1 is 1.00 bits per heavy atom. The number of ether oxygens (including phenoxy) is 2. The molecular formula is C29H34F2O3. The minimum Gasteiger partial charge on any atom is -0.494 e. The maximum atomic E-state index is 14.9. The van der Waals surface area contributed by atoms with E-state index >= 15 is 0 Å². The molecule has 4 rings (SSSR count). The van der Waals surface area contributed by atoms with Gasteiger partial charge in [0.1, 0.15) is 11.6 Å². The number of carbonyl (C=O) groups is 1. The van der Waals surface area contributed by atoms with Gasteiger partial charge in [-0.1, -0.05) is 24.6 Å². The molecule has 2 aliphatic rings. The molecule has 2 aliphatic carbocycles. The first kappa shape index (κ1) is 24.4. The average molecular weight is 469 g/mol. The molecule has 2 aromatic rings. The number of hydrogen-bond donors (Lipinski definition) is 0. The molecule has 0 heterocycles. The summed E-state index contributed by atoms with van der Waals surface area (Å²) < 4.78 is 38.8. The van der Waals surface area contributed by atoms with Crippen LogP contribution >= 0.6 is 0 Å². The number of allylic oxidation sites excluding steroid dienone is 2. The van der Waals surface area contributed by atoms with E-state index in [-0.39, 0.29) is 17.1 Å². The van der Waals surface area contributed by atoms with Crippen LogP contribution in [-0.2, 0) is 0 Å². The largest absolute Gasteiger partial charge is 0.494 e. The van der Waals surface area contributed by atoms with Gasteiger partial charge in [0, 0.05) is 6.07 Å². The fourth-order valence-corrected chi connectivity index (χ4v) is 5.87. The molecule has 0 saturated heterocycles. The number of fused-ring (bicyclic) bond motifs is 1. The highest BCUT2D eigenvalue weighted by atomic mass is 19.1. The number of hydrogen-bond acceptors (Lipinski definition) is 3. The van der Waals surface area contributed by atoms with E-state index in [9.17, 15) is 13.6 Å². The van der Waals surface area contributed by atoms with Crippen molar-refractivity contribution in [2.24, 2.45) is 17.8 Å². The van der Waals surface area contributed by atoms with Gasteiger partial charge in [0.15, 0.2) is 11.6 Å². The molecule has 0 aromatic heterocycles. The Hall–Kier alpha value is -2.69. The molecule has 3 nitrogen and oxygen atoms in total. The van der Waals surface area contributed by atoms with Crippen molar-refractivity contribution >= 4 is 5.97 Å². The molecule has 2 saturated carbocycles. The normalized spacial score (nSPS) is 24.6. The van der Waals surface area contributed by atoms with Gasteiger partial charge >= 0.3 is 5.97 Å². The summed E-state index contributed by atoms with van der Waals surface area (Å²) in [6.07, 6.45) is 14.2. The molecule has 2 fully saturated rings. The topological polar surface area (TPSA) is 35.5 Å². The predicted octanol–water partition coefficient (Wildman–Crippen LogP) is 7.85. The Labute approximate surface area is 201 Å². The minimum atomic E-state index is -0.839. The molecule has 0 aliphatic heterocycles. The molecule has 34 heavy (non-hydrogen) atoms. The van der Waals surface area contributed by atoms with Crippen molar-refractivity contribution in [1.82, 2.24) is 0 Å². The van der Waals surface area contributed by atoms with Crippen LogP contribution in [0.4, 0.5) is 8.78 Å². The lowest BCUT2D eigenvalue weighted by Crippen LogP contribution is -2.30. The van der Waals surface area contributed by atoms with Gasteiger partial charge in [-0.25, -0.2) is 13.6 Å². The molecule has 0 spiro atoms. The van der Waals surface area contributed by atoms with Gasteiger partial charge < -0.3 is 9.47 Å².